The van der Waals surface area contributed by atoms with Crippen LogP contribution in [0.5, 0.6) is 0 Å². The van der Waals surface area contributed by atoms with Gasteiger partial charge in [-0.2, -0.15) is 0 Å². The van der Waals surface area contributed by atoms with E-state index < -0.39 is 0 Å². The zero-order valence-corrected chi connectivity index (χ0v) is 11.3. The highest BCUT2D eigenvalue weighted by atomic mass is 16.5. The topological polar surface area (TPSA) is 30.5 Å². The summed E-state index contributed by atoms with van der Waals surface area (Å²) in [6, 6.07) is 9.31. The summed E-state index contributed by atoms with van der Waals surface area (Å²) in [4.78, 5) is 0. The molecule has 0 radical (unpaired) electrons. The SMILES string of the molecule is COCC(OC)c1cccc(CC2CCCN2)c1. The fourth-order valence-corrected chi connectivity index (χ4v) is 2.59. The lowest BCUT2D eigenvalue weighted by Crippen LogP contribution is -2.23. The maximum absolute atomic E-state index is 5.46. The van der Waals surface area contributed by atoms with E-state index in [9.17, 15) is 0 Å². The van der Waals surface area contributed by atoms with Gasteiger partial charge in [0.2, 0.25) is 0 Å². The van der Waals surface area contributed by atoms with Gasteiger partial charge in [0.05, 0.1) is 6.61 Å². The lowest BCUT2D eigenvalue weighted by molar-refractivity contribution is 0.0274. The molecule has 1 aliphatic heterocycles. The van der Waals surface area contributed by atoms with Crippen LogP contribution in [-0.2, 0) is 15.9 Å². The van der Waals surface area contributed by atoms with Crippen LogP contribution >= 0.6 is 0 Å². The van der Waals surface area contributed by atoms with Gasteiger partial charge in [-0.3, -0.25) is 0 Å². The largest absolute Gasteiger partial charge is 0.382 e. The number of rotatable bonds is 6. The molecule has 1 saturated heterocycles. The van der Waals surface area contributed by atoms with Crippen LogP contribution in [0.15, 0.2) is 24.3 Å². The van der Waals surface area contributed by atoms with Crippen molar-refractivity contribution in [1.29, 1.82) is 0 Å². The lowest BCUT2D eigenvalue weighted by Gasteiger charge is -2.16. The fourth-order valence-electron chi connectivity index (χ4n) is 2.59. The first-order valence-electron chi connectivity index (χ1n) is 6.67. The monoisotopic (exact) mass is 249 g/mol. The van der Waals surface area contributed by atoms with Gasteiger partial charge < -0.3 is 14.8 Å². The van der Waals surface area contributed by atoms with Gasteiger partial charge in [-0.1, -0.05) is 24.3 Å². The molecule has 2 rings (SSSR count). The molecule has 2 atom stereocenters. The van der Waals surface area contributed by atoms with E-state index in [1.54, 1.807) is 14.2 Å². The average molecular weight is 249 g/mol. The Morgan fingerprint density at radius 1 is 1.39 bits per heavy atom. The number of hydrogen-bond donors (Lipinski definition) is 1. The highest BCUT2D eigenvalue weighted by Gasteiger charge is 2.15. The minimum Gasteiger partial charge on any atom is -0.382 e. The Morgan fingerprint density at radius 3 is 2.94 bits per heavy atom. The van der Waals surface area contributed by atoms with Gasteiger partial charge in [0, 0.05) is 20.3 Å². The van der Waals surface area contributed by atoms with Crippen LogP contribution in [0.2, 0.25) is 0 Å². The second-order valence-corrected chi connectivity index (χ2v) is 4.92. The molecule has 1 fully saturated rings. The molecule has 0 bridgehead atoms. The third-order valence-electron chi connectivity index (χ3n) is 3.57. The molecule has 1 aromatic carbocycles. The summed E-state index contributed by atoms with van der Waals surface area (Å²) in [6.07, 6.45) is 3.73. The number of nitrogens with one attached hydrogen (secondary N) is 1. The maximum atomic E-state index is 5.46. The highest BCUT2D eigenvalue weighted by molar-refractivity contribution is 5.26. The maximum Gasteiger partial charge on any atom is 0.105 e. The van der Waals surface area contributed by atoms with E-state index in [1.165, 1.54) is 24.0 Å². The Balaban J connectivity index is 2.03. The van der Waals surface area contributed by atoms with Crippen molar-refractivity contribution in [2.24, 2.45) is 0 Å². The van der Waals surface area contributed by atoms with Crippen LogP contribution in [0.3, 0.4) is 0 Å². The molecule has 18 heavy (non-hydrogen) atoms. The van der Waals surface area contributed by atoms with E-state index in [-0.39, 0.29) is 6.10 Å². The van der Waals surface area contributed by atoms with Crippen molar-refractivity contribution in [3.05, 3.63) is 35.4 Å². The van der Waals surface area contributed by atoms with E-state index in [4.69, 9.17) is 9.47 Å². The summed E-state index contributed by atoms with van der Waals surface area (Å²) >= 11 is 0. The van der Waals surface area contributed by atoms with Gasteiger partial charge in [0.25, 0.3) is 0 Å². The van der Waals surface area contributed by atoms with E-state index >= 15 is 0 Å². The van der Waals surface area contributed by atoms with Crippen molar-refractivity contribution in [1.82, 2.24) is 5.32 Å². The molecular weight excluding hydrogens is 226 g/mol. The molecule has 1 aliphatic rings. The van der Waals surface area contributed by atoms with Gasteiger partial charge in [-0.25, -0.2) is 0 Å². The molecule has 0 aromatic heterocycles. The van der Waals surface area contributed by atoms with Crippen LogP contribution in [0, 0.1) is 0 Å². The van der Waals surface area contributed by atoms with E-state index in [2.05, 4.69) is 29.6 Å². The summed E-state index contributed by atoms with van der Waals surface area (Å²) in [5.41, 5.74) is 2.58. The molecule has 1 heterocycles. The summed E-state index contributed by atoms with van der Waals surface area (Å²) in [5.74, 6) is 0. The van der Waals surface area contributed by atoms with Crippen molar-refractivity contribution in [3.63, 3.8) is 0 Å². The number of methoxy groups -OCH3 is 2. The zero-order valence-electron chi connectivity index (χ0n) is 11.3. The Kier molecular flexibility index (Phi) is 5.17. The van der Waals surface area contributed by atoms with Crippen LogP contribution < -0.4 is 5.32 Å². The molecule has 1 N–H and O–H groups in total. The van der Waals surface area contributed by atoms with Gasteiger partial charge in [-0.05, 0) is 36.9 Å². The van der Waals surface area contributed by atoms with Gasteiger partial charge in [0.15, 0.2) is 0 Å². The quantitative estimate of drug-likeness (QED) is 0.839. The molecule has 0 spiro atoms. The van der Waals surface area contributed by atoms with Gasteiger partial charge in [0.1, 0.15) is 6.10 Å². The van der Waals surface area contributed by atoms with Crippen LogP contribution in [0.1, 0.15) is 30.1 Å². The van der Waals surface area contributed by atoms with Crippen molar-refractivity contribution in [3.8, 4) is 0 Å². The highest BCUT2D eigenvalue weighted by Crippen LogP contribution is 2.20. The standard InChI is InChI=1S/C15H23NO2/c1-17-11-15(18-2)13-6-3-5-12(9-13)10-14-7-4-8-16-14/h3,5-6,9,14-16H,4,7-8,10-11H2,1-2H3. The van der Waals surface area contributed by atoms with Crippen molar-refractivity contribution in [2.75, 3.05) is 27.4 Å². The summed E-state index contributed by atoms with van der Waals surface area (Å²) in [6.45, 7) is 1.76. The number of benzene rings is 1. The van der Waals surface area contributed by atoms with E-state index in [0.29, 0.717) is 12.6 Å². The summed E-state index contributed by atoms with van der Waals surface area (Å²) in [5, 5.41) is 3.54. The lowest BCUT2D eigenvalue weighted by atomic mass is 10.0. The average Bonchev–Trinajstić information content (AvgIpc) is 2.89. The third kappa shape index (κ3) is 3.55. The molecule has 100 valence electrons. The fraction of sp³-hybridized carbons (Fsp3) is 0.600. The minimum atomic E-state index is 0.0338. The van der Waals surface area contributed by atoms with Gasteiger partial charge >= 0.3 is 0 Å². The normalized spacial score (nSPS) is 21.1. The molecule has 2 unspecified atom stereocenters. The minimum absolute atomic E-state index is 0.0338. The Morgan fingerprint density at radius 2 is 2.28 bits per heavy atom. The van der Waals surface area contributed by atoms with Crippen molar-refractivity contribution >= 4 is 0 Å². The molecule has 0 amide bonds. The molecule has 3 heteroatoms. The Labute approximate surface area is 109 Å². The summed E-state index contributed by atoms with van der Waals surface area (Å²) < 4.78 is 10.6. The molecule has 0 saturated carbocycles. The smallest absolute Gasteiger partial charge is 0.105 e. The molecular formula is C15H23NO2. The first-order chi connectivity index (χ1) is 8.83. The van der Waals surface area contributed by atoms with E-state index in [0.717, 1.165) is 13.0 Å². The van der Waals surface area contributed by atoms with Crippen LogP contribution in [0.25, 0.3) is 0 Å². The van der Waals surface area contributed by atoms with Crippen molar-refractivity contribution < 1.29 is 9.47 Å². The third-order valence-corrected chi connectivity index (χ3v) is 3.57. The summed E-state index contributed by atoms with van der Waals surface area (Å²) in [7, 11) is 3.44. The predicted octanol–water partition coefficient (Wildman–Crippen LogP) is 2.32. The second-order valence-electron chi connectivity index (χ2n) is 4.92. The van der Waals surface area contributed by atoms with Crippen LogP contribution in [0.4, 0.5) is 0 Å². The second kappa shape index (κ2) is 6.88. The zero-order chi connectivity index (χ0) is 12.8. The molecule has 0 aliphatic carbocycles. The number of ether oxygens (including phenoxy) is 2. The van der Waals surface area contributed by atoms with E-state index in [1.807, 2.05) is 0 Å². The van der Waals surface area contributed by atoms with Crippen LogP contribution in [-0.4, -0.2) is 33.4 Å². The Bertz CT molecular complexity index is 361. The first-order valence-corrected chi connectivity index (χ1v) is 6.67. The predicted molar refractivity (Wildman–Crippen MR) is 72.8 cm³/mol. The molecule has 1 aromatic rings. The van der Waals surface area contributed by atoms with Crippen molar-refractivity contribution in [2.45, 2.75) is 31.4 Å². The molecule has 3 nitrogen and oxygen atoms in total. The number of hydrogen-bond acceptors (Lipinski definition) is 3. The first kappa shape index (κ1) is 13.5. The Hall–Kier alpha value is -0.900. The van der Waals surface area contributed by atoms with Gasteiger partial charge in [-0.15, -0.1) is 0 Å².